The van der Waals surface area contributed by atoms with Gasteiger partial charge in [0.1, 0.15) is 0 Å². The summed E-state index contributed by atoms with van der Waals surface area (Å²) < 4.78 is 0. The van der Waals surface area contributed by atoms with E-state index >= 15 is 0 Å². The SMILES string of the molecule is CCc1nc2c(nc1NC(=O)Cc1ccc3ccccc3c1)CCc1cc(C(=O)N=[N+]=[N-])ccc1-2. The van der Waals surface area contributed by atoms with Crippen LogP contribution in [-0.4, -0.2) is 21.8 Å². The van der Waals surface area contributed by atoms with E-state index in [1.54, 1.807) is 12.1 Å². The molecule has 1 aliphatic carbocycles. The van der Waals surface area contributed by atoms with Gasteiger partial charge in [0, 0.05) is 16.0 Å². The van der Waals surface area contributed by atoms with E-state index in [2.05, 4.69) is 15.3 Å². The largest absolute Gasteiger partial charge is 0.309 e. The molecule has 0 bridgehead atoms. The van der Waals surface area contributed by atoms with E-state index in [1.165, 1.54) is 0 Å². The van der Waals surface area contributed by atoms with Gasteiger partial charge in [-0.05, 0) is 57.9 Å². The van der Waals surface area contributed by atoms with Crippen molar-refractivity contribution in [1.82, 2.24) is 9.97 Å². The number of benzene rings is 3. The molecule has 0 spiro atoms. The van der Waals surface area contributed by atoms with Gasteiger partial charge in [0.2, 0.25) is 11.8 Å². The van der Waals surface area contributed by atoms with Gasteiger partial charge in [-0.25, -0.2) is 9.97 Å². The number of hydrogen-bond acceptors (Lipinski definition) is 4. The summed E-state index contributed by atoms with van der Waals surface area (Å²) in [4.78, 5) is 37.0. The van der Waals surface area contributed by atoms with Crippen molar-refractivity contribution < 1.29 is 9.59 Å². The summed E-state index contributed by atoms with van der Waals surface area (Å²) >= 11 is 0. The van der Waals surface area contributed by atoms with Crippen LogP contribution in [-0.2, 0) is 30.5 Å². The van der Waals surface area contributed by atoms with E-state index in [0.29, 0.717) is 36.3 Å². The summed E-state index contributed by atoms with van der Waals surface area (Å²) in [6.07, 6.45) is 2.16. The molecule has 172 valence electrons. The molecular weight excluding hydrogens is 440 g/mol. The molecule has 2 amide bonds. The molecule has 0 radical (unpaired) electrons. The van der Waals surface area contributed by atoms with Crippen LogP contribution in [0.5, 0.6) is 0 Å². The Kier molecular flexibility index (Phi) is 5.95. The number of aromatic nitrogens is 2. The maximum atomic E-state index is 12.9. The Morgan fingerprint density at radius 2 is 1.86 bits per heavy atom. The Morgan fingerprint density at radius 1 is 1.03 bits per heavy atom. The van der Waals surface area contributed by atoms with Crippen molar-refractivity contribution in [2.45, 2.75) is 32.6 Å². The lowest BCUT2D eigenvalue weighted by Crippen LogP contribution is -2.19. The Balaban J connectivity index is 1.40. The van der Waals surface area contributed by atoms with Gasteiger partial charge in [0.25, 0.3) is 0 Å². The number of aryl methyl sites for hydroxylation is 3. The maximum Gasteiger partial charge on any atom is 0.249 e. The Hall–Kier alpha value is -4.55. The molecule has 1 aliphatic rings. The highest BCUT2D eigenvalue weighted by molar-refractivity contribution is 5.96. The molecule has 0 saturated carbocycles. The highest BCUT2D eigenvalue weighted by atomic mass is 16.2. The lowest BCUT2D eigenvalue weighted by molar-refractivity contribution is -0.115. The van der Waals surface area contributed by atoms with Crippen LogP contribution in [0.4, 0.5) is 5.82 Å². The number of rotatable bonds is 5. The van der Waals surface area contributed by atoms with Gasteiger partial charge >= 0.3 is 0 Å². The first kappa shape index (κ1) is 22.3. The van der Waals surface area contributed by atoms with Gasteiger partial charge in [0.15, 0.2) is 5.82 Å². The van der Waals surface area contributed by atoms with E-state index < -0.39 is 5.91 Å². The molecule has 0 aliphatic heterocycles. The minimum absolute atomic E-state index is 0.137. The molecule has 0 atom stereocenters. The van der Waals surface area contributed by atoms with Crippen LogP contribution in [0.25, 0.3) is 32.5 Å². The highest BCUT2D eigenvalue weighted by Crippen LogP contribution is 2.33. The summed E-state index contributed by atoms with van der Waals surface area (Å²) in [5.41, 5.74) is 14.0. The van der Waals surface area contributed by atoms with Crippen LogP contribution in [0.3, 0.4) is 0 Å². The number of nitrogens with zero attached hydrogens (tertiary/aromatic N) is 5. The number of nitrogens with one attached hydrogen (secondary N) is 1. The second kappa shape index (κ2) is 9.37. The summed E-state index contributed by atoms with van der Waals surface area (Å²) in [6.45, 7) is 1.97. The molecule has 4 aromatic rings. The van der Waals surface area contributed by atoms with Crippen LogP contribution >= 0.6 is 0 Å². The molecule has 0 unspecified atom stereocenters. The average Bonchev–Trinajstić information content (AvgIpc) is 2.87. The molecule has 1 aromatic heterocycles. The van der Waals surface area contributed by atoms with Crippen molar-refractivity contribution in [1.29, 1.82) is 0 Å². The van der Waals surface area contributed by atoms with Gasteiger partial charge in [-0.3, -0.25) is 9.59 Å². The fourth-order valence-corrected chi connectivity index (χ4v) is 4.47. The number of carbonyl (C=O) groups excluding carboxylic acids is 2. The predicted molar refractivity (Wildman–Crippen MR) is 134 cm³/mol. The number of azide groups is 1. The van der Waals surface area contributed by atoms with E-state index in [1.807, 2.05) is 55.5 Å². The predicted octanol–water partition coefficient (Wildman–Crippen LogP) is 5.59. The summed E-state index contributed by atoms with van der Waals surface area (Å²) in [5, 5.41) is 8.38. The molecule has 8 heteroatoms. The number of amides is 2. The van der Waals surface area contributed by atoms with Gasteiger partial charge in [0.05, 0.1) is 23.5 Å². The summed E-state index contributed by atoms with van der Waals surface area (Å²) in [6, 6.07) is 19.3. The Morgan fingerprint density at radius 3 is 2.66 bits per heavy atom. The van der Waals surface area contributed by atoms with Crippen LogP contribution in [0.1, 0.15) is 39.8 Å². The second-order valence-corrected chi connectivity index (χ2v) is 8.44. The number of hydrogen-bond donors (Lipinski definition) is 1. The zero-order valence-corrected chi connectivity index (χ0v) is 19.2. The third-order valence-corrected chi connectivity index (χ3v) is 6.19. The van der Waals surface area contributed by atoms with E-state index in [4.69, 9.17) is 15.5 Å². The zero-order valence-electron chi connectivity index (χ0n) is 19.2. The van der Waals surface area contributed by atoms with Crippen molar-refractivity contribution in [2.75, 3.05) is 5.32 Å². The van der Waals surface area contributed by atoms with E-state index in [9.17, 15) is 9.59 Å². The lowest BCUT2D eigenvalue weighted by atomic mass is 9.90. The molecule has 3 aromatic carbocycles. The van der Waals surface area contributed by atoms with Crippen molar-refractivity contribution in [3.05, 3.63) is 99.2 Å². The first-order chi connectivity index (χ1) is 17.1. The molecular formula is C27H22N6O2. The number of anilines is 1. The molecule has 5 rings (SSSR count). The molecule has 8 nitrogen and oxygen atoms in total. The Labute approximate surface area is 201 Å². The van der Waals surface area contributed by atoms with E-state index in [0.717, 1.165) is 38.9 Å². The highest BCUT2D eigenvalue weighted by Gasteiger charge is 2.23. The van der Waals surface area contributed by atoms with E-state index in [-0.39, 0.29) is 12.3 Å². The normalized spacial score (nSPS) is 11.8. The smallest absolute Gasteiger partial charge is 0.249 e. The monoisotopic (exact) mass is 462 g/mol. The van der Waals surface area contributed by atoms with Crippen LogP contribution in [0.15, 0.2) is 65.8 Å². The van der Waals surface area contributed by atoms with Crippen molar-refractivity contribution >= 4 is 28.4 Å². The van der Waals surface area contributed by atoms with Gasteiger partial charge in [-0.2, -0.15) is 0 Å². The minimum Gasteiger partial charge on any atom is -0.309 e. The van der Waals surface area contributed by atoms with Gasteiger partial charge in [-0.1, -0.05) is 61.5 Å². The minimum atomic E-state index is -0.606. The van der Waals surface area contributed by atoms with Crippen molar-refractivity contribution in [3.8, 4) is 11.3 Å². The van der Waals surface area contributed by atoms with Crippen molar-refractivity contribution in [2.24, 2.45) is 5.11 Å². The molecule has 0 saturated heterocycles. The van der Waals surface area contributed by atoms with Crippen LogP contribution in [0.2, 0.25) is 0 Å². The zero-order chi connectivity index (χ0) is 24.4. The first-order valence-electron chi connectivity index (χ1n) is 11.5. The fourth-order valence-electron chi connectivity index (χ4n) is 4.47. The van der Waals surface area contributed by atoms with Gasteiger partial charge < -0.3 is 5.32 Å². The average molecular weight is 463 g/mol. The third-order valence-electron chi connectivity index (χ3n) is 6.19. The molecule has 1 heterocycles. The molecule has 1 N–H and O–H groups in total. The molecule has 0 fully saturated rings. The molecule has 35 heavy (non-hydrogen) atoms. The third kappa shape index (κ3) is 4.47. The maximum absolute atomic E-state index is 12.9. The topological polar surface area (TPSA) is 121 Å². The summed E-state index contributed by atoms with van der Waals surface area (Å²) in [7, 11) is 0. The number of fused-ring (bicyclic) bond motifs is 4. The standard InChI is InChI=1S/C27H22N6O2/c1-2-22-26(31-24(34)14-16-7-8-17-5-3-4-6-18(17)13-16)30-23-12-10-19-15-20(27(35)32-33-28)9-11-21(19)25(23)29-22/h3-9,11,13,15H,2,10,12,14H2,1H3,(H,30,31,34). The second-order valence-electron chi connectivity index (χ2n) is 8.44. The fraction of sp³-hybridized carbons (Fsp3) is 0.185. The first-order valence-corrected chi connectivity index (χ1v) is 11.5. The van der Waals surface area contributed by atoms with Gasteiger partial charge in [-0.15, -0.1) is 0 Å². The quantitative estimate of drug-likeness (QED) is 0.236. The number of carbonyl (C=O) groups is 2. The lowest BCUT2D eigenvalue weighted by Gasteiger charge is -2.21. The Bertz CT molecular complexity index is 1540. The van der Waals surface area contributed by atoms with Crippen LogP contribution < -0.4 is 5.32 Å². The van der Waals surface area contributed by atoms with Crippen LogP contribution in [0, 0.1) is 0 Å². The van der Waals surface area contributed by atoms with Crippen molar-refractivity contribution in [3.63, 3.8) is 0 Å². The summed E-state index contributed by atoms with van der Waals surface area (Å²) in [5.74, 6) is -0.247.